The minimum atomic E-state index is 0.361. The van der Waals surface area contributed by atoms with Crippen LogP contribution in [0.3, 0.4) is 0 Å². The molecule has 1 aliphatic carbocycles. The molecule has 1 aliphatic rings. The Labute approximate surface area is 125 Å². The van der Waals surface area contributed by atoms with E-state index in [1.807, 2.05) is 0 Å². The van der Waals surface area contributed by atoms with E-state index in [-0.39, 0.29) is 0 Å². The zero-order valence-electron chi connectivity index (χ0n) is 12.2. The largest absolute Gasteiger partial charge is 0.327 e. The highest BCUT2D eigenvalue weighted by atomic mass is 79.9. The van der Waals surface area contributed by atoms with Gasteiger partial charge in [0.05, 0.1) is 15.9 Å². The van der Waals surface area contributed by atoms with E-state index in [2.05, 4.69) is 39.6 Å². The van der Waals surface area contributed by atoms with Gasteiger partial charge in [-0.1, -0.05) is 19.8 Å². The molecule has 1 aromatic rings. The van der Waals surface area contributed by atoms with Gasteiger partial charge in [-0.25, -0.2) is 0 Å². The Kier molecular flexibility index (Phi) is 5.46. The molecule has 0 amide bonds. The molecule has 0 aliphatic heterocycles. The minimum absolute atomic E-state index is 0.361. The maximum Gasteiger partial charge on any atom is 0.0766 e. The molecule has 3 nitrogen and oxygen atoms in total. The van der Waals surface area contributed by atoms with Crippen molar-refractivity contribution in [3.63, 3.8) is 0 Å². The lowest BCUT2D eigenvalue weighted by atomic mass is 9.94. The van der Waals surface area contributed by atoms with Gasteiger partial charge in [0.2, 0.25) is 0 Å². The summed E-state index contributed by atoms with van der Waals surface area (Å²) in [6, 6.07) is 0.361. The van der Waals surface area contributed by atoms with Gasteiger partial charge in [0.25, 0.3) is 0 Å². The molecule has 1 unspecified atom stereocenters. The Morgan fingerprint density at radius 3 is 2.63 bits per heavy atom. The first-order valence-corrected chi connectivity index (χ1v) is 8.46. The lowest BCUT2D eigenvalue weighted by Gasteiger charge is -2.18. The second-order valence-electron chi connectivity index (χ2n) is 5.62. The van der Waals surface area contributed by atoms with Gasteiger partial charge in [-0.2, -0.15) is 5.10 Å². The summed E-state index contributed by atoms with van der Waals surface area (Å²) in [6.07, 6.45) is 8.50. The van der Waals surface area contributed by atoms with Crippen LogP contribution in [-0.2, 0) is 19.4 Å². The normalized spacial score (nSPS) is 18.1. The van der Waals surface area contributed by atoms with Crippen LogP contribution in [0, 0.1) is 5.92 Å². The van der Waals surface area contributed by atoms with E-state index < -0.39 is 0 Å². The molecule has 1 aromatic heterocycles. The fraction of sp³-hybridized carbons (Fsp3) is 0.800. The quantitative estimate of drug-likeness (QED) is 0.866. The van der Waals surface area contributed by atoms with Crippen molar-refractivity contribution < 1.29 is 0 Å². The molecule has 0 saturated heterocycles. The second kappa shape index (κ2) is 6.89. The molecular weight excluding hydrogens is 302 g/mol. The van der Waals surface area contributed by atoms with Gasteiger partial charge in [-0.3, -0.25) is 4.68 Å². The summed E-state index contributed by atoms with van der Waals surface area (Å²) in [6.45, 7) is 5.24. The van der Waals surface area contributed by atoms with Gasteiger partial charge in [-0.05, 0) is 60.9 Å². The average Bonchev–Trinajstić information content (AvgIpc) is 3.04. The number of aromatic nitrogens is 2. The van der Waals surface area contributed by atoms with Crippen molar-refractivity contribution in [1.82, 2.24) is 9.78 Å². The number of rotatable bonds is 6. The van der Waals surface area contributed by atoms with Crippen LogP contribution in [-0.4, -0.2) is 15.8 Å². The van der Waals surface area contributed by atoms with E-state index in [1.165, 1.54) is 41.5 Å². The van der Waals surface area contributed by atoms with Crippen LogP contribution in [0.4, 0.5) is 0 Å². The van der Waals surface area contributed by atoms with E-state index in [0.29, 0.717) is 6.04 Å². The van der Waals surface area contributed by atoms with E-state index in [0.717, 1.165) is 31.7 Å². The highest BCUT2D eigenvalue weighted by Crippen LogP contribution is 2.30. The monoisotopic (exact) mass is 327 g/mol. The zero-order chi connectivity index (χ0) is 13.8. The molecular formula is C15H26BrN3. The average molecular weight is 328 g/mol. The predicted octanol–water partition coefficient (Wildman–Crippen LogP) is 3.68. The first kappa shape index (κ1) is 15.0. The number of nitrogens with zero attached hydrogens (tertiary/aromatic N) is 2. The van der Waals surface area contributed by atoms with E-state index in [4.69, 9.17) is 5.73 Å². The highest BCUT2D eigenvalue weighted by molar-refractivity contribution is 9.10. The number of hydrogen-bond acceptors (Lipinski definition) is 2. The van der Waals surface area contributed by atoms with Crippen molar-refractivity contribution in [2.75, 3.05) is 0 Å². The predicted molar refractivity (Wildman–Crippen MR) is 83.2 cm³/mol. The third-order valence-electron chi connectivity index (χ3n) is 4.41. The molecule has 1 fully saturated rings. The Morgan fingerprint density at radius 1 is 1.37 bits per heavy atom. The van der Waals surface area contributed by atoms with Crippen LogP contribution in [0.15, 0.2) is 4.47 Å². The summed E-state index contributed by atoms with van der Waals surface area (Å²) >= 11 is 3.71. The van der Waals surface area contributed by atoms with Crippen molar-refractivity contribution in [3.05, 3.63) is 15.9 Å². The van der Waals surface area contributed by atoms with Crippen molar-refractivity contribution in [2.24, 2.45) is 11.7 Å². The van der Waals surface area contributed by atoms with Crippen molar-refractivity contribution >= 4 is 15.9 Å². The zero-order valence-corrected chi connectivity index (χ0v) is 13.7. The summed E-state index contributed by atoms with van der Waals surface area (Å²) in [5, 5.41) is 4.65. The van der Waals surface area contributed by atoms with Gasteiger partial charge >= 0.3 is 0 Å². The molecule has 4 heteroatoms. The fourth-order valence-electron chi connectivity index (χ4n) is 3.18. The molecule has 1 atom stereocenters. The summed E-state index contributed by atoms with van der Waals surface area (Å²) in [5.41, 5.74) is 8.86. The molecule has 108 valence electrons. The van der Waals surface area contributed by atoms with Crippen molar-refractivity contribution in [2.45, 2.75) is 71.4 Å². The molecule has 2 N–H and O–H groups in total. The summed E-state index contributed by atoms with van der Waals surface area (Å²) in [7, 11) is 0. The molecule has 19 heavy (non-hydrogen) atoms. The first-order valence-electron chi connectivity index (χ1n) is 7.67. The summed E-state index contributed by atoms with van der Waals surface area (Å²) < 4.78 is 3.33. The van der Waals surface area contributed by atoms with Crippen molar-refractivity contribution in [3.8, 4) is 0 Å². The molecule has 0 spiro atoms. The Bertz CT molecular complexity index is 408. The summed E-state index contributed by atoms with van der Waals surface area (Å²) in [5.74, 6) is 0.752. The fourth-order valence-corrected chi connectivity index (χ4v) is 3.94. The summed E-state index contributed by atoms with van der Waals surface area (Å²) in [4.78, 5) is 0. The van der Waals surface area contributed by atoms with Gasteiger partial charge in [-0.15, -0.1) is 0 Å². The second-order valence-corrected chi connectivity index (χ2v) is 6.42. The first-order chi connectivity index (χ1) is 9.17. The molecule has 2 rings (SSSR count). The van der Waals surface area contributed by atoms with Crippen LogP contribution in [0.2, 0.25) is 0 Å². The van der Waals surface area contributed by atoms with Gasteiger partial charge in [0.15, 0.2) is 0 Å². The van der Waals surface area contributed by atoms with Crippen LogP contribution < -0.4 is 5.73 Å². The topological polar surface area (TPSA) is 43.8 Å². The Hall–Kier alpha value is -0.350. The van der Waals surface area contributed by atoms with Crippen LogP contribution >= 0.6 is 15.9 Å². The standard InChI is InChI=1S/C15H26BrN3/c1-3-13-15(16)14(19(4-2)18-13)10-9-12(17)11-7-5-6-8-11/h11-12H,3-10,17H2,1-2H3. The van der Waals surface area contributed by atoms with Crippen LogP contribution in [0.5, 0.6) is 0 Å². The third kappa shape index (κ3) is 3.40. The molecule has 0 aromatic carbocycles. The van der Waals surface area contributed by atoms with Gasteiger partial charge in [0.1, 0.15) is 0 Å². The molecule has 1 saturated carbocycles. The van der Waals surface area contributed by atoms with E-state index in [9.17, 15) is 0 Å². The maximum atomic E-state index is 6.36. The number of aryl methyl sites for hydroxylation is 2. The number of hydrogen-bond donors (Lipinski definition) is 1. The number of nitrogens with two attached hydrogens (primary N) is 1. The lowest BCUT2D eigenvalue weighted by molar-refractivity contribution is 0.405. The van der Waals surface area contributed by atoms with E-state index in [1.54, 1.807) is 0 Å². The minimum Gasteiger partial charge on any atom is -0.327 e. The molecule has 1 heterocycles. The van der Waals surface area contributed by atoms with Gasteiger partial charge in [0, 0.05) is 12.6 Å². The molecule has 0 radical (unpaired) electrons. The smallest absolute Gasteiger partial charge is 0.0766 e. The van der Waals surface area contributed by atoms with Crippen LogP contribution in [0.25, 0.3) is 0 Å². The van der Waals surface area contributed by atoms with Gasteiger partial charge < -0.3 is 5.73 Å². The van der Waals surface area contributed by atoms with Crippen molar-refractivity contribution in [1.29, 1.82) is 0 Å². The maximum absolute atomic E-state index is 6.36. The SMILES string of the molecule is CCc1nn(CC)c(CCC(N)C2CCCC2)c1Br. The lowest BCUT2D eigenvalue weighted by Crippen LogP contribution is -2.29. The Balaban J connectivity index is 1.99. The number of halogens is 1. The molecule has 0 bridgehead atoms. The van der Waals surface area contributed by atoms with Crippen LogP contribution in [0.1, 0.15) is 57.3 Å². The highest BCUT2D eigenvalue weighted by Gasteiger charge is 2.23. The third-order valence-corrected chi connectivity index (χ3v) is 5.33. The Morgan fingerprint density at radius 2 is 2.05 bits per heavy atom. The van der Waals surface area contributed by atoms with E-state index >= 15 is 0 Å².